The van der Waals surface area contributed by atoms with Crippen LogP contribution in [0.15, 0.2) is 0 Å². The first kappa shape index (κ1) is 14.9. The second-order valence-corrected chi connectivity index (χ2v) is 6.79. The summed E-state index contributed by atoms with van der Waals surface area (Å²) in [6.07, 6.45) is 1.59. The van der Waals surface area contributed by atoms with E-state index in [1.54, 1.807) is 4.31 Å². The SMILES string of the molecule is CNCCCCS(=O)(=O)N1CC(C)OC(C)C1. The second kappa shape index (κ2) is 6.68. The van der Waals surface area contributed by atoms with Gasteiger partial charge in [-0.2, -0.15) is 4.31 Å². The molecule has 0 amide bonds. The van der Waals surface area contributed by atoms with Gasteiger partial charge in [0, 0.05) is 13.1 Å². The average Bonchev–Trinajstić information content (AvgIpc) is 2.23. The van der Waals surface area contributed by atoms with E-state index in [0.717, 1.165) is 13.0 Å². The van der Waals surface area contributed by atoms with Crippen molar-refractivity contribution in [2.45, 2.75) is 38.9 Å². The standard InChI is InChI=1S/C11H24N2O3S/c1-10-8-13(9-11(2)16-10)17(14,15)7-5-4-6-12-3/h10-12H,4-9H2,1-3H3. The van der Waals surface area contributed by atoms with Gasteiger partial charge in [-0.05, 0) is 40.3 Å². The van der Waals surface area contributed by atoms with E-state index in [2.05, 4.69) is 5.32 Å². The lowest BCUT2D eigenvalue weighted by Crippen LogP contribution is -2.48. The van der Waals surface area contributed by atoms with Crippen molar-refractivity contribution in [3.05, 3.63) is 0 Å². The van der Waals surface area contributed by atoms with Crippen molar-refractivity contribution < 1.29 is 13.2 Å². The van der Waals surface area contributed by atoms with Crippen LogP contribution in [-0.2, 0) is 14.8 Å². The number of nitrogens with zero attached hydrogens (tertiary/aromatic N) is 1. The first-order valence-corrected chi connectivity index (χ1v) is 7.84. The first-order valence-electron chi connectivity index (χ1n) is 6.23. The number of sulfonamides is 1. The van der Waals surface area contributed by atoms with Gasteiger partial charge in [0.2, 0.25) is 10.0 Å². The third-order valence-corrected chi connectivity index (χ3v) is 4.75. The van der Waals surface area contributed by atoms with Crippen LogP contribution in [0.25, 0.3) is 0 Å². The van der Waals surface area contributed by atoms with Gasteiger partial charge in [0.15, 0.2) is 0 Å². The predicted molar refractivity (Wildman–Crippen MR) is 68.5 cm³/mol. The Kier molecular flexibility index (Phi) is 5.85. The van der Waals surface area contributed by atoms with Crippen molar-refractivity contribution in [3.8, 4) is 0 Å². The zero-order valence-corrected chi connectivity index (χ0v) is 11.8. The van der Waals surface area contributed by atoms with Crippen LogP contribution in [-0.4, -0.2) is 57.4 Å². The molecule has 0 aromatic carbocycles. The van der Waals surface area contributed by atoms with Crippen molar-refractivity contribution in [1.29, 1.82) is 0 Å². The monoisotopic (exact) mass is 264 g/mol. The quantitative estimate of drug-likeness (QED) is 0.707. The molecule has 0 saturated carbocycles. The fraction of sp³-hybridized carbons (Fsp3) is 1.00. The molecule has 2 unspecified atom stereocenters. The van der Waals surface area contributed by atoms with E-state index in [0.29, 0.717) is 19.5 Å². The molecule has 1 aliphatic heterocycles. The fourth-order valence-electron chi connectivity index (χ4n) is 2.07. The van der Waals surface area contributed by atoms with Gasteiger partial charge in [-0.25, -0.2) is 8.42 Å². The number of unbranched alkanes of at least 4 members (excludes halogenated alkanes) is 1. The number of hydrogen-bond donors (Lipinski definition) is 1. The Morgan fingerprint density at radius 1 is 1.24 bits per heavy atom. The molecule has 0 aromatic rings. The average molecular weight is 264 g/mol. The van der Waals surface area contributed by atoms with Crippen molar-refractivity contribution in [2.75, 3.05) is 32.4 Å². The summed E-state index contributed by atoms with van der Waals surface area (Å²) < 4.78 is 31.3. The van der Waals surface area contributed by atoms with Crippen molar-refractivity contribution in [2.24, 2.45) is 0 Å². The van der Waals surface area contributed by atoms with Crippen molar-refractivity contribution in [3.63, 3.8) is 0 Å². The van der Waals surface area contributed by atoms with Gasteiger partial charge in [0.25, 0.3) is 0 Å². The molecule has 0 radical (unpaired) electrons. The van der Waals surface area contributed by atoms with Gasteiger partial charge in [0.05, 0.1) is 18.0 Å². The van der Waals surface area contributed by atoms with E-state index in [1.165, 1.54) is 0 Å². The number of hydrogen-bond acceptors (Lipinski definition) is 4. The van der Waals surface area contributed by atoms with Gasteiger partial charge in [-0.1, -0.05) is 0 Å². The normalized spacial score (nSPS) is 27.2. The van der Waals surface area contributed by atoms with Crippen LogP contribution < -0.4 is 5.32 Å². The maximum atomic E-state index is 12.1. The molecule has 1 aliphatic rings. The highest BCUT2D eigenvalue weighted by Gasteiger charge is 2.30. The lowest BCUT2D eigenvalue weighted by molar-refractivity contribution is -0.0440. The second-order valence-electron chi connectivity index (χ2n) is 4.70. The van der Waals surface area contributed by atoms with E-state index in [9.17, 15) is 8.42 Å². The summed E-state index contributed by atoms with van der Waals surface area (Å²) in [4.78, 5) is 0. The van der Waals surface area contributed by atoms with E-state index in [4.69, 9.17) is 4.74 Å². The summed E-state index contributed by atoms with van der Waals surface area (Å²) in [7, 11) is -1.23. The van der Waals surface area contributed by atoms with Gasteiger partial charge in [-0.15, -0.1) is 0 Å². The topological polar surface area (TPSA) is 58.6 Å². The Morgan fingerprint density at radius 2 is 1.82 bits per heavy atom. The van der Waals surface area contributed by atoms with Crippen LogP contribution >= 0.6 is 0 Å². The molecule has 0 bridgehead atoms. The van der Waals surface area contributed by atoms with Crippen molar-refractivity contribution >= 4 is 10.0 Å². The molecule has 1 heterocycles. The Balaban J connectivity index is 2.45. The largest absolute Gasteiger partial charge is 0.373 e. The Bertz CT molecular complexity index is 309. The molecular formula is C11H24N2O3S. The van der Waals surface area contributed by atoms with Crippen LogP contribution in [0.1, 0.15) is 26.7 Å². The number of morpholine rings is 1. The molecule has 1 rings (SSSR count). The molecule has 5 nitrogen and oxygen atoms in total. The fourth-order valence-corrected chi connectivity index (χ4v) is 3.77. The predicted octanol–water partition coefficient (Wildman–Crippen LogP) is 0.425. The number of ether oxygens (including phenoxy) is 1. The van der Waals surface area contributed by atoms with Gasteiger partial charge in [0.1, 0.15) is 0 Å². The highest BCUT2D eigenvalue weighted by Crippen LogP contribution is 2.15. The summed E-state index contributed by atoms with van der Waals surface area (Å²) in [5.41, 5.74) is 0. The summed E-state index contributed by atoms with van der Waals surface area (Å²) in [6.45, 7) is 5.67. The van der Waals surface area contributed by atoms with Crippen molar-refractivity contribution in [1.82, 2.24) is 9.62 Å². The lowest BCUT2D eigenvalue weighted by Gasteiger charge is -2.34. The zero-order valence-electron chi connectivity index (χ0n) is 11.0. The Hall–Kier alpha value is -0.170. The molecular weight excluding hydrogens is 240 g/mol. The molecule has 1 N–H and O–H groups in total. The molecule has 0 aliphatic carbocycles. The lowest BCUT2D eigenvalue weighted by atomic mass is 10.3. The van der Waals surface area contributed by atoms with Crippen LogP contribution in [0.5, 0.6) is 0 Å². The molecule has 0 aromatic heterocycles. The van der Waals surface area contributed by atoms with E-state index in [-0.39, 0.29) is 18.0 Å². The highest BCUT2D eigenvalue weighted by molar-refractivity contribution is 7.89. The minimum absolute atomic E-state index is 0.00849. The van der Waals surface area contributed by atoms with Gasteiger partial charge < -0.3 is 10.1 Å². The first-order chi connectivity index (χ1) is 7.95. The van der Waals surface area contributed by atoms with Crippen LogP contribution in [0.4, 0.5) is 0 Å². The van der Waals surface area contributed by atoms with Gasteiger partial charge in [-0.3, -0.25) is 0 Å². The molecule has 1 saturated heterocycles. The third-order valence-electron chi connectivity index (χ3n) is 2.86. The molecule has 102 valence electrons. The smallest absolute Gasteiger partial charge is 0.214 e. The number of rotatable bonds is 6. The minimum atomic E-state index is -3.10. The van der Waals surface area contributed by atoms with E-state index in [1.807, 2.05) is 20.9 Å². The zero-order chi connectivity index (χ0) is 12.9. The number of nitrogens with one attached hydrogen (secondary N) is 1. The van der Waals surface area contributed by atoms with Crippen LogP contribution in [0.3, 0.4) is 0 Å². The summed E-state index contributed by atoms with van der Waals surface area (Å²) in [5.74, 6) is 0.244. The molecule has 1 fully saturated rings. The van der Waals surface area contributed by atoms with Crippen LogP contribution in [0.2, 0.25) is 0 Å². The van der Waals surface area contributed by atoms with Crippen LogP contribution in [0, 0.1) is 0 Å². The molecule has 17 heavy (non-hydrogen) atoms. The Morgan fingerprint density at radius 3 is 2.35 bits per heavy atom. The summed E-state index contributed by atoms with van der Waals surface area (Å²) in [6, 6.07) is 0. The van der Waals surface area contributed by atoms with E-state index >= 15 is 0 Å². The molecule has 2 atom stereocenters. The third kappa shape index (κ3) is 4.91. The van der Waals surface area contributed by atoms with Gasteiger partial charge >= 0.3 is 0 Å². The maximum absolute atomic E-state index is 12.1. The molecule has 0 spiro atoms. The minimum Gasteiger partial charge on any atom is -0.373 e. The molecule has 6 heteroatoms. The maximum Gasteiger partial charge on any atom is 0.214 e. The van der Waals surface area contributed by atoms with E-state index < -0.39 is 10.0 Å². The highest BCUT2D eigenvalue weighted by atomic mass is 32.2. The Labute approximate surface area is 105 Å². The summed E-state index contributed by atoms with van der Waals surface area (Å²) in [5, 5.41) is 3.02. The summed E-state index contributed by atoms with van der Waals surface area (Å²) >= 11 is 0.